The van der Waals surface area contributed by atoms with Crippen LogP contribution in [0.3, 0.4) is 0 Å². The lowest BCUT2D eigenvalue weighted by molar-refractivity contribution is 0.0746. The van der Waals surface area contributed by atoms with Gasteiger partial charge in [-0.15, -0.1) is 0 Å². The minimum absolute atomic E-state index is 0.0879. The number of nitrogens with zero attached hydrogens (tertiary/aromatic N) is 3. The average molecular weight is 337 g/mol. The third-order valence-electron chi connectivity index (χ3n) is 3.76. The minimum atomic E-state index is -0.442. The summed E-state index contributed by atoms with van der Waals surface area (Å²) in [5.41, 5.74) is 0.435. The zero-order valence-electron chi connectivity index (χ0n) is 12.1. The second kappa shape index (κ2) is 6.37. The fourth-order valence-electron chi connectivity index (χ4n) is 2.55. The normalized spacial score (nSPS) is 14.9. The number of rotatable bonds is 2. The third kappa shape index (κ3) is 3.19. The van der Waals surface area contributed by atoms with Crippen LogP contribution in [0.1, 0.15) is 10.4 Å². The average Bonchev–Trinajstić information content (AvgIpc) is 2.57. The van der Waals surface area contributed by atoms with E-state index in [9.17, 15) is 14.0 Å². The van der Waals surface area contributed by atoms with Crippen molar-refractivity contribution in [3.8, 4) is 0 Å². The Bertz CT molecular complexity index is 787. The third-order valence-corrected chi connectivity index (χ3v) is 4.12. The summed E-state index contributed by atoms with van der Waals surface area (Å²) >= 11 is 5.99. The van der Waals surface area contributed by atoms with Gasteiger partial charge < -0.3 is 9.80 Å². The molecule has 2 aromatic rings. The summed E-state index contributed by atoms with van der Waals surface area (Å²) in [5, 5.41) is 6.10. The van der Waals surface area contributed by atoms with Crippen molar-refractivity contribution < 1.29 is 9.18 Å². The van der Waals surface area contributed by atoms with E-state index in [1.165, 1.54) is 24.4 Å². The number of H-pyrrole nitrogens is 1. The standard InChI is InChI=1S/C15H14ClFN4O2/c16-13-12(9-18-19-14(13)22)20-4-6-21(7-5-20)15(23)10-2-1-3-11(17)8-10/h1-3,8-9H,4-7H2,(H,19,22). The zero-order valence-corrected chi connectivity index (χ0v) is 12.9. The molecule has 1 aliphatic rings. The van der Waals surface area contributed by atoms with Crippen molar-refractivity contribution in [2.24, 2.45) is 0 Å². The van der Waals surface area contributed by atoms with Crippen molar-refractivity contribution in [2.75, 3.05) is 31.1 Å². The molecule has 23 heavy (non-hydrogen) atoms. The summed E-state index contributed by atoms with van der Waals surface area (Å²) in [6.45, 7) is 1.95. The first kappa shape index (κ1) is 15.5. The van der Waals surface area contributed by atoms with Gasteiger partial charge in [0.05, 0.1) is 11.9 Å². The molecule has 1 aliphatic heterocycles. The molecule has 0 saturated carbocycles. The quantitative estimate of drug-likeness (QED) is 0.903. The monoisotopic (exact) mass is 336 g/mol. The summed E-state index contributed by atoms with van der Waals surface area (Å²) in [7, 11) is 0. The van der Waals surface area contributed by atoms with Crippen LogP contribution in [0.5, 0.6) is 0 Å². The Labute approximate surface area is 136 Å². The number of carbonyl (C=O) groups is 1. The first-order chi connectivity index (χ1) is 11.1. The van der Waals surface area contributed by atoms with Gasteiger partial charge in [-0.25, -0.2) is 9.49 Å². The smallest absolute Gasteiger partial charge is 0.285 e. The summed E-state index contributed by atoms with van der Waals surface area (Å²) in [6, 6.07) is 5.64. The fourth-order valence-corrected chi connectivity index (χ4v) is 2.76. The highest BCUT2D eigenvalue weighted by Crippen LogP contribution is 2.22. The minimum Gasteiger partial charge on any atom is -0.365 e. The van der Waals surface area contributed by atoms with E-state index in [0.717, 1.165) is 0 Å². The highest BCUT2D eigenvalue weighted by molar-refractivity contribution is 6.33. The van der Waals surface area contributed by atoms with E-state index in [2.05, 4.69) is 10.2 Å². The van der Waals surface area contributed by atoms with Gasteiger partial charge in [-0.2, -0.15) is 5.10 Å². The van der Waals surface area contributed by atoms with Gasteiger partial charge in [0.2, 0.25) is 0 Å². The van der Waals surface area contributed by atoms with Crippen LogP contribution in [0.4, 0.5) is 10.1 Å². The van der Waals surface area contributed by atoms with Crippen molar-refractivity contribution in [3.63, 3.8) is 0 Å². The van der Waals surface area contributed by atoms with Gasteiger partial charge in [-0.05, 0) is 18.2 Å². The van der Waals surface area contributed by atoms with Crippen molar-refractivity contribution in [1.29, 1.82) is 0 Å². The number of piperazine rings is 1. The molecule has 6 nitrogen and oxygen atoms in total. The zero-order chi connectivity index (χ0) is 16.4. The lowest BCUT2D eigenvalue weighted by atomic mass is 10.1. The molecule has 0 spiro atoms. The number of hydrogen-bond acceptors (Lipinski definition) is 4. The number of nitrogens with one attached hydrogen (secondary N) is 1. The van der Waals surface area contributed by atoms with E-state index in [4.69, 9.17) is 11.6 Å². The fraction of sp³-hybridized carbons (Fsp3) is 0.267. The molecule has 0 unspecified atom stereocenters. The molecule has 2 heterocycles. The van der Waals surface area contributed by atoms with Gasteiger partial charge in [0.15, 0.2) is 0 Å². The molecule has 1 fully saturated rings. The molecular weight excluding hydrogens is 323 g/mol. The lowest BCUT2D eigenvalue weighted by Gasteiger charge is -2.36. The molecule has 1 saturated heterocycles. The summed E-state index contributed by atoms with van der Waals surface area (Å²) in [4.78, 5) is 27.4. The van der Waals surface area contributed by atoms with E-state index >= 15 is 0 Å². The van der Waals surface area contributed by atoms with Crippen molar-refractivity contribution >= 4 is 23.2 Å². The number of aromatic amines is 1. The maximum Gasteiger partial charge on any atom is 0.285 e. The first-order valence-corrected chi connectivity index (χ1v) is 7.47. The molecule has 1 aromatic heterocycles. The van der Waals surface area contributed by atoms with E-state index in [-0.39, 0.29) is 10.9 Å². The highest BCUT2D eigenvalue weighted by atomic mass is 35.5. The number of benzene rings is 1. The summed E-state index contributed by atoms with van der Waals surface area (Å²) in [6.07, 6.45) is 1.49. The molecule has 8 heteroatoms. The SMILES string of the molecule is O=C(c1cccc(F)c1)N1CCN(c2cn[nH]c(=O)c2Cl)CC1. The molecule has 120 valence electrons. The Morgan fingerprint density at radius 3 is 2.70 bits per heavy atom. The van der Waals surface area contributed by atoms with Gasteiger partial charge in [-0.3, -0.25) is 9.59 Å². The van der Waals surface area contributed by atoms with Crippen LogP contribution < -0.4 is 10.5 Å². The molecule has 0 atom stereocenters. The number of aromatic nitrogens is 2. The number of amides is 1. The van der Waals surface area contributed by atoms with Crippen molar-refractivity contribution in [3.05, 3.63) is 57.2 Å². The van der Waals surface area contributed by atoms with Crippen LogP contribution in [-0.2, 0) is 0 Å². The van der Waals surface area contributed by atoms with E-state index in [0.29, 0.717) is 37.4 Å². The highest BCUT2D eigenvalue weighted by Gasteiger charge is 2.24. The predicted molar refractivity (Wildman–Crippen MR) is 84.4 cm³/mol. The van der Waals surface area contributed by atoms with Crippen LogP contribution in [0.15, 0.2) is 35.3 Å². The van der Waals surface area contributed by atoms with Crippen LogP contribution in [0.2, 0.25) is 5.02 Å². The van der Waals surface area contributed by atoms with Crippen LogP contribution in [0, 0.1) is 5.82 Å². The van der Waals surface area contributed by atoms with Gasteiger partial charge in [-0.1, -0.05) is 17.7 Å². The van der Waals surface area contributed by atoms with Gasteiger partial charge >= 0.3 is 0 Å². The largest absolute Gasteiger partial charge is 0.365 e. The van der Waals surface area contributed by atoms with E-state index < -0.39 is 11.4 Å². The Morgan fingerprint density at radius 2 is 2.00 bits per heavy atom. The van der Waals surface area contributed by atoms with Crippen LogP contribution >= 0.6 is 11.6 Å². The first-order valence-electron chi connectivity index (χ1n) is 7.09. The van der Waals surface area contributed by atoms with Crippen molar-refractivity contribution in [2.45, 2.75) is 0 Å². The number of halogens is 2. The second-order valence-electron chi connectivity index (χ2n) is 5.19. The van der Waals surface area contributed by atoms with Crippen LogP contribution in [0.25, 0.3) is 0 Å². The molecule has 3 rings (SSSR count). The van der Waals surface area contributed by atoms with Crippen LogP contribution in [-0.4, -0.2) is 47.2 Å². The number of carbonyl (C=O) groups excluding carboxylic acids is 1. The van der Waals surface area contributed by atoms with Gasteiger partial charge in [0.25, 0.3) is 11.5 Å². The predicted octanol–water partition coefficient (Wildman–Crippen LogP) is 1.52. The van der Waals surface area contributed by atoms with Gasteiger partial charge in [0.1, 0.15) is 10.8 Å². The Morgan fingerprint density at radius 1 is 1.26 bits per heavy atom. The Kier molecular flexibility index (Phi) is 4.29. The molecule has 1 amide bonds. The summed E-state index contributed by atoms with van der Waals surface area (Å²) in [5.74, 6) is -0.643. The molecule has 0 radical (unpaired) electrons. The lowest BCUT2D eigenvalue weighted by Crippen LogP contribution is -2.49. The second-order valence-corrected chi connectivity index (χ2v) is 5.57. The Balaban J connectivity index is 1.70. The Hall–Kier alpha value is -2.41. The maximum absolute atomic E-state index is 13.2. The molecule has 1 aromatic carbocycles. The molecule has 0 bridgehead atoms. The molecular formula is C15H14ClFN4O2. The molecule has 1 N–H and O–H groups in total. The van der Waals surface area contributed by atoms with E-state index in [1.54, 1.807) is 11.0 Å². The molecule has 0 aliphatic carbocycles. The number of anilines is 1. The number of hydrogen-bond donors (Lipinski definition) is 1. The maximum atomic E-state index is 13.2. The van der Waals surface area contributed by atoms with Gasteiger partial charge in [0, 0.05) is 31.7 Å². The van der Waals surface area contributed by atoms with Crippen molar-refractivity contribution in [1.82, 2.24) is 15.1 Å². The van der Waals surface area contributed by atoms with E-state index in [1.807, 2.05) is 4.90 Å². The summed E-state index contributed by atoms with van der Waals surface area (Å²) < 4.78 is 13.2. The topological polar surface area (TPSA) is 69.3 Å².